The van der Waals surface area contributed by atoms with Crippen LogP contribution in [0.25, 0.3) is 11.6 Å². The first kappa shape index (κ1) is 15.0. The van der Waals surface area contributed by atoms with Gasteiger partial charge < -0.3 is 4.74 Å². The highest BCUT2D eigenvalue weighted by atomic mass is 32.1. The molecular formula is C18H19NO2S. The van der Waals surface area contributed by atoms with Gasteiger partial charge >= 0.3 is 5.97 Å². The van der Waals surface area contributed by atoms with Crippen LogP contribution in [0.5, 0.6) is 0 Å². The minimum Gasteiger partial charge on any atom is -0.462 e. The van der Waals surface area contributed by atoms with Crippen LogP contribution < -0.4 is 0 Å². The van der Waals surface area contributed by atoms with Crippen molar-refractivity contribution in [1.29, 1.82) is 0 Å². The summed E-state index contributed by atoms with van der Waals surface area (Å²) in [4.78, 5) is 18.0. The van der Waals surface area contributed by atoms with Gasteiger partial charge in [-0.25, -0.2) is 4.79 Å². The Labute approximate surface area is 134 Å². The SMILES string of the molecule is CCOC(=O)c1cc2c(nc1C)/C(=C\c1cccs1)CCC2. The average Bonchev–Trinajstić information content (AvgIpc) is 3.00. The van der Waals surface area contributed by atoms with Gasteiger partial charge in [0.05, 0.1) is 23.6 Å². The quantitative estimate of drug-likeness (QED) is 0.783. The molecule has 0 bridgehead atoms. The maximum Gasteiger partial charge on any atom is 0.339 e. The van der Waals surface area contributed by atoms with Gasteiger partial charge in [0.2, 0.25) is 0 Å². The van der Waals surface area contributed by atoms with E-state index in [9.17, 15) is 4.79 Å². The largest absolute Gasteiger partial charge is 0.462 e. The van der Waals surface area contributed by atoms with Gasteiger partial charge in [0.25, 0.3) is 0 Å². The first-order valence-electron chi connectivity index (χ1n) is 7.61. The van der Waals surface area contributed by atoms with Crippen molar-refractivity contribution in [2.75, 3.05) is 6.61 Å². The number of hydrogen-bond acceptors (Lipinski definition) is 4. The number of esters is 1. The number of allylic oxidation sites excluding steroid dienone is 1. The van der Waals surface area contributed by atoms with E-state index in [1.165, 1.54) is 10.5 Å². The molecule has 0 unspecified atom stereocenters. The standard InChI is InChI=1S/C18H19NO2S/c1-3-21-18(20)16-11-14-7-4-6-13(17(14)19-12(16)2)10-15-8-5-9-22-15/h5,8-11H,3-4,6-7H2,1-2H3/b13-10-. The molecule has 0 saturated heterocycles. The fourth-order valence-corrected chi connectivity index (χ4v) is 3.49. The number of carbonyl (C=O) groups excluding carboxylic acids is 1. The highest BCUT2D eigenvalue weighted by Gasteiger charge is 2.20. The molecule has 0 N–H and O–H groups in total. The Morgan fingerprint density at radius 2 is 2.32 bits per heavy atom. The van der Waals surface area contributed by atoms with Crippen LogP contribution in [0.3, 0.4) is 0 Å². The molecule has 2 aromatic rings. The molecule has 114 valence electrons. The number of fused-ring (bicyclic) bond motifs is 1. The first-order valence-corrected chi connectivity index (χ1v) is 8.49. The van der Waals surface area contributed by atoms with Crippen LogP contribution in [-0.4, -0.2) is 17.6 Å². The van der Waals surface area contributed by atoms with Gasteiger partial charge in [-0.2, -0.15) is 0 Å². The molecule has 0 amide bonds. The van der Waals surface area contributed by atoms with Crippen molar-refractivity contribution in [3.8, 4) is 0 Å². The minimum absolute atomic E-state index is 0.273. The summed E-state index contributed by atoms with van der Waals surface area (Å²) >= 11 is 1.73. The van der Waals surface area contributed by atoms with Gasteiger partial charge in [0, 0.05) is 4.88 Å². The van der Waals surface area contributed by atoms with Crippen LogP contribution in [0.15, 0.2) is 23.6 Å². The number of rotatable bonds is 3. The number of aryl methyl sites for hydroxylation is 2. The van der Waals surface area contributed by atoms with E-state index in [0.29, 0.717) is 12.2 Å². The Bertz CT molecular complexity index is 717. The van der Waals surface area contributed by atoms with E-state index in [1.807, 2.05) is 19.9 Å². The predicted molar refractivity (Wildman–Crippen MR) is 90.1 cm³/mol. The molecule has 0 fully saturated rings. The molecule has 22 heavy (non-hydrogen) atoms. The van der Waals surface area contributed by atoms with Gasteiger partial charge in [-0.15, -0.1) is 11.3 Å². The summed E-state index contributed by atoms with van der Waals surface area (Å²) in [5, 5.41) is 2.08. The van der Waals surface area contributed by atoms with Crippen molar-refractivity contribution < 1.29 is 9.53 Å². The van der Waals surface area contributed by atoms with Crippen LogP contribution in [-0.2, 0) is 11.2 Å². The Hall–Kier alpha value is -1.94. The summed E-state index contributed by atoms with van der Waals surface area (Å²) in [6.45, 7) is 4.09. The third-order valence-corrected chi connectivity index (χ3v) is 4.66. The number of carbonyl (C=O) groups is 1. The molecular weight excluding hydrogens is 294 g/mol. The zero-order chi connectivity index (χ0) is 15.5. The summed E-state index contributed by atoms with van der Waals surface area (Å²) in [5.74, 6) is -0.273. The van der Waals surface area contributed by atoms with Crippen LogP contribution in [0.2, 0.25) is 0 Å². The number of ether oxygens (including phenoxy) is 1. The third kappa shape index (κ3) is 2.97. The first-order chi connectivity index (χ1) is 10.7. The summed E-state index contributed by atoms with van der Waals surface area (Å²) in [5.41, 5.74) is 4.81. The highest BCUT2D eigenvalue weighted by molar-refractivity contribution is 7.10. The molecule has 3 rings (SSSR count). The van der Waals surface area contributed by atoms with Crippen LogP contribution in [0.4, 0.5) is 0 Å². The predicted octanol–water partition coefficient (Wildman–Crippen LogP) is 4.51. The molecule has 2 aromatic heterocycles. The Morgan fingerprint density at radius 3 is 3.05 bits per heavy atom. The van der Waals surface area contributed by atoms with Crippen LogP contribution in [0.1, 0.15) is 52.0 Å². The second-order valence-electron chi connectivity index (χ2n) is 5.39. The molecule has 0 saturated carbocycles. The van der Waals surface area contributed by atoms with Gasteiger partial charge in [-0.05, 0) is 67.8 Å². The molecule has 0 aromatic carbocycles. The van der Waals surface area contributed by atoms with E-state index in [2.05, 4.69) is 23.6 Å². The lowest BCUT2D eigenvalue weighted by Gasteiger charge is -2.20. The summed E-state index contributed by atoms with van der Waals surface area (Å²) < 4.78 is 5.12. The van der Waals surface area contributed by atoms with Crippen molar-refractivity contribution in [2.24, 2.45) is 0 Å². The Kier molecular flexibility index (Phi) is 4.39. The number of aromatic nitrogens is 1. The fraction of sp³-hybridized carbons (Fsp3) is 0.333. The van der Waals surface area contributed by atoms with E-state index in [0.717, 1.165) is 36.2 Å². The Morgan fingerprint density at radius 1 is 1.45 bits per heavy atom. The lowest BCUT2D eigenvalue weighted by Crippen LogP contribution is -2.13. The zero-order valence-corrected chi connectivity index (χ0v) is 13.7. The minimum atomic E-state index is -0.273. The van der Waals surface area contributed by atoms with Crippen LogP contribution >= 0.6 is 11.3 Å². The lowest BCUT2D eigenvalue weighted by molar-refractivity contribution is 0.0525. The number of nitrogens with zero attached hydrogens (tertiary/aromatic N) is 1. The maximum absolute atomic E-state index is 12.0. The molecule has 2 heterocycles. The number of thiophene rings is 1. The van der Waals surface area contributed by atoms with E-state index in [-0.39, 0.29) is 5.97 Å². The molecule has 3 nitrogen and oxygen atoms in total. The van der Waals surface area contributed by atoms with Crippen LogP contribution in [0, 0.1) is 6.92 Å². The average molecular weight is 313 g/mol. The van der Waals surface area contributed by atoms with Gasteiger partial charge in [-0.1, -0.05) is 6.07 Å². The smallest absolute Gasteiger partial charge is 0.339 e. The van der Waals surface area contributed by atoms with Crippen molar-refractivity contribution in [2.45, 2.75) is 33.1 Å². The molecule has 0 spiro atoms. The maximum atomic E-state index is 12.0. The van der Waals surface area contributed by atoms with Gasteiger partial charge in [0.1, 0.15) is 0 Å². The van der Waals surface area contributed by atoms with Gasteiger partial charge in [-0.3, -0.25) is 4.98 Å². The monoisotopic (exact) mass is 313 g/mol. The van der Waals surface area contributed by atoms with Crippen molar-refractivity contribution in [3.63, 3.8) is 0 Å². The second kappa shape index (κ2) is 6.44. The zero-order valence-electron chi connectivity index (χ0n) is 12.9. The molecule has 0 atom stereocenters. The number of hydrogen-bond donors (Lipinski definition) is 0. The van der Waals surface area contributed by atoms with E-state index >= 15 is 0 Å². The molecule has 4 heteroatoms. The fourth-order valence-electron chi connectivity index (χ4n) is 2.80. The molecule has 1 aliphatic carbocycles. The summed E-state index contributed by atoms with van der Waals surface area (Å²) in [6, 6.07) is 6.15. The van der Waals surface area contributed by atoms with Crippen molar-refractivity contribution >= 4 is 29.0 Å². The summed E-state index contributed by atoms with van der Waals surface area (Å²) in [6.07, 6.45) is 5.32. The number of pyridine rings is 1. The van der Waals surface area contributed by atoms with E-state index in [4.69, 9.17) is 9.72 Å². The Balaban J connectivity index is 2.01. The summed E-state index contributed by atoms with van der Waals surface area (Å²) in [7, 11) is 0. The molecule has 1 aliphatic rings. The third-order valence-electron chi connectivity index (χ3n) is 3.84. The van der Waals surface area contributed by atoms with Crippen molar-refractivity contribution in [3.05, 3.63) is 51.0 Å². The topological polar surface area (TPSA) is 39.2 Å². The highest BCUT2D eigenvalue weighted by Crippen LogP contribution is 2.33. The normalized spacial score (nSPS) is 15.6. The molecule has 0 aliphatic heterocycles. The molecule has 0 radical (unpaired) electrons. The van der Waals surface area contributed by atoms with E-state index in [1.54, 1.807) is 11.3 Å². The van der Waals surface area contributed by atoms with E-state index < -0.39 is 0 Å². The van der Waals surface area contributed by atoms with Crippen molar-refractivity contribution in [1.82, 2.24) is 4.98 Å². The van der Waals surface area contributed by atoms with Gasteiger partial charge in [0.15, 0.2) is 0 Å². The lowest BCUT2D eigenvalue weighted by atomic mass is 9.89. The second-order valence-corrected chi connectivity index (χ2v) is 6.37.